The van der Waals surface area contributed by atoms with Crippen LogP contribution in [0.25, 0.3) is 33.1 Å². The minimum Gasteiger partial charge on any atom is -0.494 e. The summed E-state index contributed by atoms with van der Waals surface area (Å²) >= 11 is 0. The molecule has 5 nitrogen and oxygen atoms in total. The molecule has 1 aliphatic carbocycles. The van der Waals surface area contributed by atoms with Gasteiger partial charge in [-0.15, -0.1) is 0 Å². The Bertz CT molecular complexity index is 1140. The number of nitrogens with two attached hydrogens (primary N) is 1. The summed E-state index contributed by atoms with van der Waals surface area (Å²) in [7, 11) is 0. The topological polar surface area (TPSA) is 77.0 Å². The van der Waals surface area contributed by atoms with E-state index in [1.165, 1.54) is 6.42 Å². The highest BCUT2D eigenvalue weighted by Crippen LogP contribution is 2.43. The van der Waals surface area contributed by atoms with Crippen LogP contribution in [0.4, 0.5) is 5.69 Å². The SMILES string of the molecule is Cc1ccc(-c2cccc3c(N)c4c(O)n(C5CCC5)cc4nc23)nc1. The fraction of sp³-hybridized carbons (Fsp3) is 0.238. The van der Waals surface area contributed by atoms with E-state index in [0.29, 0.717) is 17.1 Å². The molecule has 1 aromatic carbocycles. The highest BCUT2D eigenvalue weighted by atomic mass is 16.3. The van der Waals surface area contributed by atoms with Crippen LogP contribution in [0.2, 0.25) is 0 Å². The third-order valence-electron chi connectivity index (χ3n) is 5.47. The summed E-state index contributed by atoms with van der Waals surface area (Å²) < 4.78 is 1.93. The van der Waals surface area contributed by atoms with E-state index < -0.39 is 0 Å². The molecule has 0 aliphatic heterocycles. The first kappa shape index (κ1) is 15.2. The van der Waals surface area contributed by atoms with Crippen LogP contribution in [0.15, 0.2) is 42.7 Å². The molecule has 0 saturated heterocycles. The number of nitrogens with zero attached hydrogens (tertiary/aromatic N) is 3. The highest BCUT2D eigenvalue weighted by molar-refractivity contribution is 6.11. The molecular formula is C21H20N4O. The van der Waals surface area contributed by atoms with Crippen LogP contribution in [-0.2, 0) is 0 Å². The number of aromatic nitrogens is 3. The van der Waals surface area contributed by atoms with Crippen molar-refractivity contribution >= 4 is 27.5 Å². The number of aromatic hydroxyl groups is 1. The van der Waals surface area contributed by atoms with Gasteiger partial charge in [-0.05, 0) is 37.8 Å². The Morgan fingerprint density at radius 3 is 2.73 bits per heavy atom. The molecule has 5 heteroatoms. The lowest BCUT2D eigenvalue weighted by Gasteiger charge is -2.27. The first-order chi connectivity index (χ1) is 12.6. The number of hydrogen-bond donors (Lipinski definition) is 2. The molecule has 3 aromatic heterocycles. The van der Waals surface area contributed by atoms with Gasteiger partial charge in [-0.25, -0.2) is 4.98 Å². The number of benzene rings is 1. The van der Waals surface area contributed by atoms with Crippen molar-refractivity contribution in [3.63, 3.8) is 0 Å². The van der Waals surface area contributed by atoms with E-state index in [1.807, 2.05) is 54.2 Å². The van der Waals surface area contributed by atoms with Gasteiger partial charge in [0.25, 0.3) is 0 Å². The van der Waals surface area contributed by atoms with Gasteiger partial charge >= 0.3 is 0 Å². The van der Waals surface area contributed by atoms with Crippen LogP contribution >= 0.6 is 0 Å². The fourth-order valence-corrected chi connectivity index (χ4v) is 3.76. The molecule has 1 fully saturated rings. The van der Waals surface area contributed by atoms with Crippen molar-refractivity contribution < 1.29 is 5.11 Å². The molecule has 1 aliphatic rings. The zero-order valence-corrected chi connectivity index (χ0v) is 14.6. The summed E-state index contributed by atoms with van der Waals surface area (Å²) in [6, 6.07) is 10.3. The van der Waals surface area contributed by atoms with E-state index in [2.05, 4.69) is 4.98 Å². The van der Waals surface area contributed by atoms with Gasteiger partial charge in [0.1, 0.15) is 0 Å². The van der Waals surface area contributed by atoms with Gasteiger partial charge in [0.05, 0.1) is 27.8 Å². The molecule has 0 spiro atoms. The van der Waals surface area contributed by atoms with E-state index in [-0.39, 0.29) is 5.88 Å². The Labute approximate surface area is 151 Å². The molecule has 5 rings (SSSR count). The predicted molar refractivity (Wildman–Crippen MR) is 104 cm³/mol. The number of anilines is 1. The zero-order chi connectivity index (χ0) is 17.8. The lowest BCUT2D eigenvalue weighted by molar-refractivity contribution is 0.283. The van der Waals surface area contributed by atoms with Crippen molar-refractivity contribution in [3.05, 3.63) is 48.3 Å². The average Bonchev–Trinajstić information content (AvgIpc) is 2.91. The summed E-state index contributed by atoms with van der Waals surface area (Å²) in [5, 5.41) is 12.2. The molecule has 130 valence electrons. The Hall–Kier alpha value is -3.08. The summed E-state index contributed by atoms with van der Waals surface area (Å²) in [6.45, 7) is 2.02. The maximum absolute atomic E-state index is 10.7. The number of aryl methyl sites for hydroxylation is 1. The lowest BCUT2D eigenvalue weighted by Crippen LogP contribution is -2.15. The van der Waals surface area contributed by atoms with Crippen LogP contribution in [0.5, 0.6) is 5.88 Å². The van der Waals surface area contributed by atoms with Crippen molar-refractivity contribution in [2.45, 2.75) is 32.2 Å². The van der Waals surface area contributed by atoms with E-state index >= 15 is 0 Å². The molecule has 1 saturated carbocycles. The highest BCUT2D eigenvalue weighted by Gasteiger charge is 2.25. The van der Waals surface area contributed by atoms with E-state index in [1.54, 1.807) is 0 Å². The van der Waals surface area contributed by atoms with Crippen LogP contribution in [0, 0.1) is 6.92 Å². The Morgan fingerprint density at radius 1 is 1.19 bits per heavy atom. The third kappa shape index (κ3) is 2.10. The number of fused-ring (bicyclic) bond motifs is 2. The molecule has 3 N–H and O–H groups in total. The second-order valence-electron chi connectivity index (χ2n) is 7.15. The van der Waals surface area contributed by atoms with Gasteiger partial charge < -0.3 is 15.4 Å². The maximum Gasteiger partial charge on any atom is 0.203 e. The second-order valence-corrected chi connectivity index (χ2v) is 7.15. The fourth-order valence-electron chi connectivity index (χ4n) is 3.76. The average molecular weight is 344 g/mol. The van der Waals surface area contributed by atoms with Crippen molar-refractivity contribution in [2.75, 3.05) is 5.73 Å². The standard InChI is InChI=1S/C21H20N4O/c1-12-8-9-16(23-10-12)14-6-3-7-15-19(22)18-17(24-20(14)15)11-25(21(18)26)13-4-2-5-13/h3,6-11,13,26H,2,4-5,22H2,1H3. The first-order valence-electron chi connectivity index (χ1n) is 8.98. The quantitative estimate of drug-likeness (QED) is 0.558. The first-order valence-corrected chi connectivity index (χ1v) is 8.98. The number of pyridine rings is 2. The van der Waals surface area contributed by atoms with E-state index in [4.69, 9.17) is 10.7 Å². The molecule has 0 atom stereocenters. The smallest absolute Gasteiger partial charge is 0.203 e. The summed E-state index contributed by atoms with van der Waals surface area (Å²) in [6.07, 6.45) is 7.17. The molecule has 4 aromatic rings. The Kier molecular flexibility index (Phi) is 3.19. The molecule has 0 radical (unpaired) electrons. The summed E-state index contributed by atoms with van der Waals surface area (Å²) in [4.78, 5) is 9.41. The number of rotatable bonds is 2. The van der Waals surface area contributed by atoms with Gasteiger partial charge in [0.2, 0.25) is 5.88 Å². The van der Waals surface area contributed by atoms with Crippen molar-refractivity contribution in [1.29, 1.82) is 0 Å². The third-order valence-corrected chi connectivity index (χ3v) is 5.47. The van der Waals surface area contributed by atoms with E-state index in [0.717, 1.165) is 46.1 Å². The monoisotopic (exact) mass is 344 g/mol. The van der Waals surface area contributed by atoms with Crippen LogP contribution < -0.4 is 5.73 Å². The van der Waals surface area contributed by atoms with Gasteiger partial charge in [-0.1, -0.05) is 24.3 Å². The van der Waals surface area contributed by atoms with Crippen LogP contribution in [0.3, 0.4) is 0 Å². The van der Waals surface area contributed by atoms with Crippen molar-refractivity contribution in [2.24, 2.45) is 0 Å². The largest absolute Gasteiger partial charge is 0.494 e. The Morgan fingerprint density at radius 2 is 2.04 bits per heavy atom. The minimum atomic E-state index is 0.232. The second kappa shape index (κ2) is 5.46. The van der Waals surface area contributed by atoms with Crippen molar-refractivity contribution in [3.8, 4) is 17.1 Å². The minimum absolute atomic E-state index is 0.232. The van der Waals surface area contributed by atoms with Crippen LogP contribution in [0.1, 0.15) is 30.9 Å². The number of nitrogen functional groups attached to an aromatic ring is 1. The zero-order valence-electron chi connectivity index (χ0n) is 14.6. The van der Waals surface area contributed by atoms with E-state index in [9.17, 15) is 5.11 Å². The van der Waals surface area contributed by atoms with Gasteiger partial charge in [-0.3, -0.25) is 4.98 Å². The van der Waals surface area contributed by atoms with Crippen molar-refractivity contribution in [1.82, 2.24) is 14.5 Å². The van der Waals surface area contributed by atoms with Gasteiger partial charge in [0.15, 0.2) is 0 Å². The molecule has 0 bridgehead atoms. The number of hydrogen-bond acceptors (Lipinski definition) is 4. The Balaban J connectivity index is 1.80. The molecule has 3 heterocycles. The molecule has 0 unspecified atom stereocenters. The van der Waals surface area contributed by atoms with Crippen LogP contribution in [-0.4, -0.2) is 19.6 Å². The maximum atomic E-state index is 10.7. The normalized spacial score (nSPS) is 14.8. The predicted octanol–water partition coefficient (Wildman–Crippen LogP) is 4.57. The summed E-state index contributed by atoms with van der Waals surface area (Å²) in [5.74, 6) is 0.232. The van der Waals surface area contributed by atoms with Gasteiger partial charge in [0, 0.05) is 29.4 Å². The molecule has 0 amide bonds. The lowest BCUT2D eigenvalue weighted by atomic mass is 9.93. The number of para-hydroxylation sites is 1. The molecule has 26 heavy (non-hydrogen) atoms. The summed E-state index contributed by atoms with van der Waals surface area (Å²) in [5.41, 5.74) is 11.5. The molecular weight excluding hydrogens is 324 g/mol. The van der Waals surface area contributed by atoms with Gasteiger partial charge in [-0.2, -0.15) is 0 Å².